The van der Waals surface area contributed by atoms with Crippen molar-refractivity contribution in [3.8, 4) is 0 Å². The number of anilines is 1. The van der Waals surface area contributed by atoms with E-state index in [1.54, 1.807) is 5.87 Å². The Kier molecular flexibility index (Phi) is 6.07. The Hall–Kier alpha value is -1.61. The van der Waals surface area contributed by atoms with Crippen LogP contribution in [0.5, 0.6) is 0 Å². The van der Waals surface area contributed by atoms with Crippen LogP contribution >= 0.6 is 23.5 Å². The van der Waals surface area contributed by atoms with Crippen LogP contribution in [0.3, 0.4) is 0 Å². The molecule has 0 aromatic carbocycles. The molecule has 1 aliphatic heterocycles. The van der Waals surface area contributed by atoms with Gasteiger partial charge in [-0.1, -0.05) is 0 Å². The Morgan fingerprint density at radius 2 is 1.91 bits per heavy atom. The number of phosphoric acid groups is 3. The Bertz CT molecular complexity index is 1250. The van der Waals surface area contributed by atoms with Gasteiger partial charge in [0.05, 0.1) is 5.41 Å². The Morgan fingerprint density at radius 1 is 1.30 bits per heavy atom. The van der Waals surface area contributed by atoms with E-state index in [-0.39, 0.29) is 5.82 Å². The van der Waals surface area contributed by atoms with Gasteiger partial charge in [0.25, 0.3) is 5.85 Å². The van der Waals surface area contributed by atoms with Crippen molar-refractivity contribution in [2.75, 3.05) is 5.73 Å². The van der Waals surface area contributed by atoms with Gasteiger partial charge < -0.3 is 35.2 Å². The zero-order valence-corrected chi connectivity index (χ0v) is 18.8. The summed E-state index contributed by atoms with van der Waals surface area (Å²) < 4.78 is 66.9. The van der Waals surface area contributed by atoms with E-state index in [1.807, 2.05) is 0 Å². The van der Waals surface area contributed by atoms with Gasteiger partial charge in [0.1, 0.15) is 5.82 Å². The molecule has 1 saturated carbocycles. The molecule has 1 aliphatic carbocycles. The molecule has 3 unspecified atom stereocenters. The summed E-state index contributed by atoms with van der Waals surface area (Å²) in [5, 5.41) is 18.1. The molecule has 2 fully saturated rings. The van der Waals surface area contributed by atoms with Crippen LogP contribution in [0, 0.1) is 10.8 Å². The summed E-state index contributed by atoms with van der Waals surface area (Å²) in [5.41, 5.74) is -0.647. The summed E-state index contributed by atoms with van der Waals surface area (Å²) in [4.78, 5) is 51.5. The van der Waals surface area contributed by atoms with Gasteiger partial charge in [-0.15, -0.1) is 0 Å². The first-order valence-electron chi connectivity index (χ1n) is 8.34. The molecule has 0 radical (unpaired) electrons. The Labute approximate surface area is 182 Å². The SMILES string of the molecule is C[C@]1(C=C=N)[C@H](n2ccc(N)nc2=O)O[C@]2(F)C(OP(=O)(O)OP(=O)(O)OP(=O)(O)O)[C@]12O. The van der Waals surface area contributed by atoms with Crippen molar-refractivity contribution in [3.63, 3.8) is 0 Å². The van der Waals surface area contributed by atoms with Crippen molar-refractivity contribution >= 4 is 35.2 Å². The molecule has 0 amide bonds. The zero-order valence-electron chi connectivity index (χ0n) is 16.1. The first kappa shape index (κ1) is 26.0. The topological polar surface area (TPSA) is 274 Å². The zero-order chi connectivity index (χ0) is 25.3. The first-order valence-corrected chi connectivity index (χ1v) is 12.9. The van der Waals surface area contributed by atoms with Crippen molar-refractivity contribution in [3.05, 3.63) is 28.8 Å². The summed E-state index contributed by atoms with van der Waals surface area (Å²) in [6, 6.07) is 1.14. The summed E-state index contributed by atoms with van der Waals surface area (Å²) in [6.45, 7) is 1.07. The first-order chi connectivity index (χ1) is 14.8. The largest absolute Gasteiger partial charge is 0.490 e. The third-order valence-electron chi connectivity index (χ3n) is 4.90. The molecule has 21 heteroatoms. The number of aromatic nitrogens is 2. The van der Waals surface area contributed by atoms with Gasteiger partial charge in [-0.25, -0.2) is 22.9 Å². The van der Waals surface area contributed by atoms with E-state index in [1.165, 1.54) is 0 Å². The van der Waals surface area contributed by atoms with Crippen LogP contribution < -0.4 is 11.4 Å². The summed E-state index contributed by atoms with van der Waals surface area (Å²) >= 11 is 0. The number of alkyl halides is 1. The van der Waals surface area contributed by atoms with Gasteiger partial charge in [-0.2, -0.15) is 13.6 Å². The number of nitrogens with zero attached hydrogens (tertiary/aromatic N) is 2. The van der Waals surface area contributed by atoms with E-state index in [4.69, 9.17) is 25.7 Å². The number of halogens is 1. The molecule has 1 saturated heterocycles. The molecule has 3 rings (SSSR count). The second-order valence-corrected chi connectivity index (χ2v) is 11.4. The van der Waals surface area contributed by atoms with Gasteiger partial charge in [0.2, 0.25) is 0 Å². The molecular formula is C12H16FN4O13P3. The van der Waals surface area contributed by atoms with E-state index in [0.717, 1.165) is 25.3 Å². The highest BCUT2D eigenvalue weighted by Crippen LogP contribution is 2.77. The highest BCUT2D eigenvalue weighted by molar-refractivity contribution is 7.66. The Morgan fingerprint density at radius 3 is 2.42 bits per heavy atom. The van der Waals surface area contributed by atoms with E-state index >= 15 is 4.39 Å². The van der Waals surface area contributed by atoms with Crippen LogP contribution in [0.2, 0.25) is 0 Å². The van der Waals surface area contributed by atoms with Crippen LogP contribution in [-0.4, -0.2) is 57.7 Å². The molecule has 0 spiro atoms. The van der Waals surface area contributed by atoms with Crippen LogP contribution in [0.1, 0.15) is 13.2 Å². The molecule has 17 nitrogen and oxygen atoms in total. The minimum atomic E-state index is -5.92. The number of nitrogen functional groups attached to an aromatic ring is 1. The average Bonchev–Trinajstić information content (AvgIpc) is 2.97. The maximum absolute atomic E-state index is 15.5. The number of nitrogens with two attached hydrogens (primary N) is 1. The highest BCUT2D eigenvalue weighted by atomic mass is 31.3. The molecule has 2 aliphatic rings. The third kappa shape index (κ3) is 4.31. The average molecular weight is 536 g/mol. The second-order valence-electron chi connectivity index (χ2n) is 7.07. The lowest BCUT2D eigenvalue weighted by Gasteiger charge is -2.33. The number of ether oxygens (including phenoxy) is 1. The van der Waals surface area contributed by atoms with Crippen molar-refractivity contribution in [1.82, 2.24) is 9.55 Å². The van der Waals surface area contributed by atoms with Crippen LogP contribution in [0.4, 0.5) is 10.2 Å². The van der Waals surface area contributed by atoms with Crippen LogP contribution in [0.25, 0.3) is 0 Å². The molecular weight excluding hydrogens is 520 g/mol. The molecule has 1 aromatic heterocycles. The fourth-order valence-corrected chi connectivity index (χ4v) is 6.72. The number of phosphoric ester groups is 1. The van der Waals surface area contributed by atoms with Gasteiger partial charge in [-0.05, 0) is 24.9 Å². The molecule has 33 heavy (non-hydrogen) atoms. The Balaban J connectivity index is 1.93. The normalized spacial score (nSPS) is 36.8. The predicted octanol–water partition coefficient (Wildman–Crippen LogP) is -0.712. The van der Waals surface area contributed by atoms with Gasteiger partial charge >= 0.3 is 29.2 Å². The maximum atomic E-state index is 15.5. The standard InChI is InChI=1S/C12H16FN4O13P3/c1-10(3-4-14)8(17-5-2-6(15)16-9(17)18)27-12(13)7(11(10,12)19)28-32(23,24)30-33(25,26)29-31(20,21)22/h2-3,5,7-8,14,19H,1H3,(H,23,24)(H,25,26)(H2,15,16,18)(H2,20,21,22)/t7?,8-,10+,11+,12-/m1/s1. The van der Waals surface area contributed by atoms with Crippen molar-refractivity contribution in [1.29, 1.82) is 5.41 Å². The number of fused-ring (bicyclic) bond motifs is 1. The lowest BCUT2D eigenvalue weighted by Crippen LogP contribution is -2.44. The number of aliphatic hydroxyl groups is 1. The number of rotatable bonds is 8. The van der Waals surface area contributed by atoms with E-state index < -0.39 is 58.4 Å². The van der Waals surface area contributed by atoms with Gasteiger partial charge in [0, 0.05) is 6.20 Å². The summed E-state index contributed by atoms with van der Waals surface area (Å²) in [7, 11) is -17.4. The number of nitrogens with one attached hydrogen (secondary N) is 1. The molecule has 7 atom stereocenters. The minimum Gasteiger partial charge on any atom is -0.383 e. The fraction of sp³-hybridized carbons (Fsp3) is 0.500. The van der Waals surface area contributed by atoms with Gasteiger partial charge in [-0.3, -0.25) is 14.5 Å². The van der Waals surface area contributed by atoms with Crippen molar-refractivity contribution in [2.24, 2.45) is 5.41 Å². The molecule has 2 heterocycles. The number of hydrogen-bond acceptors (Lipinski definition) is 12. The third-order valence-corrected chi connectivity index (χ3v) is 8.71. The summed E-state index contributed by atoms with van der Waals surface area (Å²) in [6.07, 6.45) is -2.31. The monoisotopic (exact) mass is 536 g/mol. The molecule has 8 N–H and O–H groups in total. The van der Waals surface area contributed by atoms with E-state index in [0.29, 0.717) is 4.57 Å². The quantitative estimate of drug-likeness (QED) is 0.160. The summed E-state index contributed by atoms with van der Waals surface area (Å²) in [5.74, 6) is -1.76. The van der Waals surface area contributed by atoms with Crippen molar-refractivity contribution < 1.29 is 60.6 Å². The lowest BCUT2D eigenvalue weighted by atomic mass is 9.80. The predicted molar refractivity (Wildman–Crippen MR) is 101 cm³/mol. The van der Waals surface area contributed by atoms with Crippen LogP contribution in [-0.2, 0) is 31.6 Å². The second kappa shape index (κ2) is 7.70. The fourth-order valence-electron chi connectivity index (χ4n) is 3.50. The minimum absolute atomic E-state index is 0.192. The number of hydrogen-bond donors (Lipinski definition) is 7. The molecule has 1 aromatic rings. The van der Waals surface area contributed by atoms with E-state index in [2.05, 4.69) is 18.1 Å². The molecule has 0 bridgehead atoms. The smallest absolute Gasteiger partial charge is 0.383 e. The highest BCUT2D eigenvalue weighted by Gasteiger charge is 2.95. The van der Waals surface area contributed by atoms with Gasteiger partial charge in [0.15, 0.2) is 17.9 Å². The van der Waals surface area contributed by atoms with E-state index in [9.17, 15) is 33.4 Å². The van der Waals surface area contributed by atoms with Crippen LogP contribution in [0.15, 0.2) is 23.1 Å². The van der Waals surface area contributed by atoms with Crippen molar-refractivity contribution in [2.45, 2.75) is 30.7 Å². The molecule has 184 valence electrons. The maximum Gasteiger partial charge on any atom is 0.490 e. The lowest BCUT2D eigenvalue weighted by molar-refractivity contribution is -0.149.